The highest BCUT2D eigenvalue weighted by atomic mass is 19.4. The number of alkyl halides is 3. The number of aryl methyl sites for hydroxylation is 3. The van der Waals surface area contributed by atoms with Crippen molar-refractivity contribution in [2.24, 2.45) is 7.05 Å². The SMILES string of the molecule is Cc1ccc(Cn2c(Oc3cccc(C(F)(F)F)c3)nc3c2c(=O)n(Cc2cc(C)on2)c(=O)n3C)cc1. The van der Waals surface area contributed by atoms with Crippen molar-refractivity contribution in [2.45, 2.75) is 33.1 Å². The van der Waals surface area contributed by atoms with E-state index < -0.39 is 23.0 Å². The summed E-state index contributed by atoms with van der Waals surface area (Å²) < 4.78 is 54.3. The second kappa shape index (κ2) is 9.36. The van der Waals surface area contributed by atoms with Gasteiger partial charge in [-0.05, 0) is 37.6 Å². The Kier molecular flexibility index (Phi) is 6.17. The minimum atomic E-state index is -4.57. The highest BCUT2D eigenvalue weighted by Gasteiger charge is 2.31. The maximum atomic E-state index is 13.7. The average molecular weight is 525 g/mol. The molecule has 38 heavy (non-hydrogen) atoms. The number of halogens is 3. The molecule has 0 aliphatic heterocycles. The van der Waals surface area contributed by atoms with Crippen LogP contribution in [-0.2, 0) is 26.3 Å². The number of fused-ring (bicyclic) bond motifs is 1. The Morgan fingerprint density at radius 2 is 1.71 bits per heavy atom. The number of hydrogen-bond acceptors (Lipinski definition) is 6. The van der Waals surface area contributed by atoms with E-state index in [0.717, 1.165) is 27.8 Å². The van der Waals surface area contributed by atoms with Gasteiger partial charge in [0.05, 0.1) is 18.7 Å². The molecule has 0 radical (unpaired) electrons. The van der Waals surface area contributed by atoms with E-state index in [1.807, 2.05) is 31.2 Å². The summed E-state index contributed by atoms with van der Waals surface area (Å²) in [6, 6.07) is 13.3. The van der Waals surface area contributed by atoms with Crippen LogP contribution in [0.25, 0.3) is 11.2 Å². The van der Waals surface area contributed by atoms with E-state index in [-0.39, 0.29) is 36.0 Å². The Morgan fingerprint density at radius 1 is 0.974 bits per heavy atom. The lowest BCUT2D eigenvalue weighted by molar-refractivity contribution is -0.137. The Hall–Kier alpha value is -4.61. The van der Waals surface area contributed by atoms with Crippen LogP contribution in [0.5, 0.6) is 11.8 Å². The molecule has 0 atom stereocenters. The van der Waals surface area contributed by atoms with Crippen LogP contribution >= 0.6 is 0 Å². The zero-order chi connectivity index (χ0) is 27.2. The third-order valence-electron chi connectivity index (χ3n) is 6.03. The van der Waals surface area contributed by atoms with Crippen LogP contribution in [0, 0.1) is 13.8 Å². The van der Waals surface area contributed by atoms with Crippen LogP contribution in [0.4, 0.5) is 13.2 Å². The molecule has 0 unspecified atom stereocenters. The second-order valence-electron chi connectivity index (χ2n) is 8.93. The predicted molar refractivity (Wildman–Crippen MR) is 131 cm³/mol. The lowest BCUT2D eigenvalue weighted by atomic mass is 10.1. The number of benzene rings is 2. The smallest absolute Gasteiger partial charge is 0.416 e. The van der Waals surface area contributed by atoms with Gasteiger partial charge in [-0.25, -0.2) is 4.79 Å². The lowest BCUT2D eigenvalue weighted by Crippen LogP contribution is -2.40. The van der Waals surface area contributed by atoms with E-state index >= 15 is 0 Å². The van der Waals surface area contributed by atoms with Crippen molar-refractivity contribution in [2.75, 3.05) is 0 Å². The molecule has 0 saturated heterocycles. The molecule has 3 aromatic heterocycles. The summed E-state index contributed by atoms with van der Waals surface area (Å²) in [4.78, 5) is 31.1. The van der Waals surface area contributed by atoms with Gasteiger partial charge in [0, 0.05) is 13.1 Å². The standard InChI is InChI=1S/C26H22F3N5O4/c1-15-7-9-17(10-8-15)13-33-21-22(30-24(33)37-20-6-4-5-18(12-20)26(27,28)29)32(3)25(36)34(23(21)35)14-19-11-16(2)38-31-19/h4-12H,13-14H2,1-3H3. The third-order valence-corrected chi connectivity index (χ3v) is 6.03. The molecule has 0 bridgehead atoms. The van der Waals surface area contributed by atoms with Crippen molar-refractivity contribution in [1.29, 1.82) is 0 Å². The van der Waals surface area contributed by atoms with Crippen LogP contribution in [0.1, 0.15) is 28.1 Å². The van der Waals surface area contributed by atoms with E-state index in [1.54, 1.807) is 13.0 Å². The largest absolute Gasteiger partial charge is 0.425 e. The molecule has 0 amide bonds. The van der Waals surface area contributed by atoms with Crippen molar-refractivity contribution >= 4 is 11.2 Å². The molecule has 196 valence electrons. The summed E-state index contributed by atoms with van der Waals surface area (Å²) in [7, 11) is 1.45. The van der Waals surface area contributed by atoms with E-state index in [2.05, 4.69) is 10.1 Å². The number of imidazole rings is 1. The quantitative estimate of drug-likeness (QED) is 0.326. The van der Waals surface area contributed by atoms with Gasteiger partial charge >= 0.3 is 17.9 Å². The van der Waals surface area contributed by atoms with Crippen molar-refractivity contribution in [3.8, 4) is 11.8 Å². The maximum Gasteiger partial charge on any atom is 0.416 e. The summed E-state index contributed by atoms with van der Waals surface area (Å²) in [5, 5.41) is 3.87. The summed E-state index contributed by atoms with van der Waals surface area (Å²) in [6.07, 6.45) is -4.57. The molecule has 0 fully saturated rings. The van der Waals surface area contributed by atoms with E-state index in [1.165, 1.54) is 28.3 Å². The Labute approximate surface area is 213 Å². The summed E-state index contributed by atoms with van der Waals surface area (Å²) >= 11 is 0. The summed E-state index contributed by atoms with van der Waals surface area (Å²) in [5.41, 5.74) is 0.0838. The first-order valence-corrected chi connectivity index (χ1v) is 11.5. The van der Waals surface area contributed by atoms with Gasteiger partial charge < -0.3 is 9.26 Å². The number of ether oxygens (including phenoxy) is 1. The van der Waals surface area contributed by atoms with E-state index in [9.17, 15) is 22.8 Å². The van der Waals surface area contributed by atoms with Crippen LogP contribution in [0.15, 0.2) is 68.7 Å². The Morgan fingerprint density at radius 3 is 2.37 bits per heavy atom. The van der Waals surface area contributed by atoms with Crippen molar-refractivity contribution < 1.29 is 22.4 Å². The van der Waals surface area contributed by atoms with Gasteiger partial charge in [-0.2, -0.15) is 18.2 Å². The van der Waals surface area contributed by atoms with Crippen molar-refractivity contribution in [3.63, 3.8) is 0 Å². The normalized spacial score (nSPS) is 11.8. The second-order valence-corrected chi connectivity index (χ2v) is 8.93. The fourth-order valence-electron chi connectivity index (χ4n) is 4.09. The first-order chi connectivity index (χ1) is 18.0. The molecule has 5 rings (SSSR count). The van der Waals surface area contributed by atoms with Crippen LogP contribution in [-0.4, -0.2) is 23.8 Å². The van der Waals surface area contributed by atoms with Crippen molar-refractivity contribution in [3.05, 3.63) is 104 Å². The molecule has 9 nitrogen and oxygen atoms in total. The fraction of sp³-hybridized carbons (Fsp3) is 0.231. The molecule has 3 heterocycles. The maximum absolute atomic E-state index is 13.7. The topological polar surface area (TPSA) is 97.1 Å². The first kappa shape index (κ1) is 25.1. The number of hydrogen-bond donors (Lipinski definition) is 0. The predicted octanol–water partition coefficient (Wildman–Crippen LogP) is 4.41. The van der Waals surface area contributed by atoms with Gasteiger partial charge in [-0.3, -0.25) is 18.5 Å². The molecule has 2 aromatic carbocycles. The fourth-order valence-corrected chi connectivity index (χ4v) is 4.09. The number of nitrogens with zero attached hydrogens (tertiary/aromatic N) is 5. The van der Waals surface area contributed by atoms with E-state index in [4.69, 9.17) is 9.26 Å². The molecular formula is C26H22F3N5O4. The molecule has 0 spiro atoms. The monoisotopic (exact) mass is 525 g/mol. The lowest BCUT2D eigenvalue weighted by Gasteiger charge is -2.12. The highest BCUT2D eigenvalue weighted by molar-refractivity contribution is 5.72. The minimum absolute atomic E-state index is 0.0293. The highest BCUT2D eigenvalue weighted by Crippen LogP contribution is 2.33. The zero-order valence-electron chi connectivity index (χ0n) is 20.6. The number of aromatic nitrogens is 5. The Bertz CT molecular complexity index is 1760. The molecule has 5 aromatic rings. The summed E-state index contributed by atoms with van der Waals surface area (Å²) in [6.45, 7) is 3.59. The Balaban J connectivity index is 1.69. The molecular weight excluding hydrogens is 503 g/mol. The van der Waals surface area contributed by atoms with Crippen LogP contribution < -0.4 is 16.0 Å². The molecule has 0 N–H and O–H groups in total. The van der Waals surface area contributed by atoms with Crippen LogP contribution in [0.2, 0.25) is 0 Å². The minimum Gasteiger partial charge on any atom is -0.425 e. The molecule has 0 aliphatic carbocycles. The van der Waals surface area contributed by atoms with Gasteiger partial charge in [0.2, 0.25) is 0 Å². The summed E-state index contributed by atoms with van der Waals surface area (Å²) in [5.74, 6) is 0.399. The zero-order valence-corrected chi connectivity index (χ0v) is 20.6. The van der Waals surface area contributed by atoms with Crippen molar-refractivity contribution in [1.82, 2.24) is 23.8 Å². The van der Waals surface area contributed by atoms with E-state index in [0.29, 0.717) is 11.5 Å². The van der Waals surface area contributed by atoms with Gasteiger partial charge in [0.15, 0.2) is 11.2 Å². The first-order valence-electron chi connectivity index (χ1n) is 11.5. The van der Waals surface area contributed by atoms with Gasteiger partial charge in [0.25, 0.3) is 5.56 Å². The average Bonchev–Trinajstić information content (AvgIpc) is 3.44. The number of rotatable bonds is 6. The third kappa shape index (κ3) is 4.72. The molecule has 12 heteroatoms. The molecule has 0 saturated carbocycles. The van der Waals surface area contributed by atoms with Gasteiger partial charge in [0.1, 0.15) is 17.2 Å². The van der Waals surface area contributed by atoms with Gasteiger partial charge in [-0.15, -0.1) is 0 Å². The van der Waals surface area contributed by atoms with Gasteiger partial charge in [-0.1, -0.05) is 41.1 Å². The molecule has 0 aliphatic rings. The van der Waals surface area contributed by atoms with Crippen LogP contribution in [0.3, 0.4) is 0 Å².